The molecule has 16 heavy (non-hydrogen) atoms. The maximum Gasteiger partial charge on any atom is 0.118 e. The molecule has 0 saturated heterocycles. The van der Waals surface area contributed by atoms with Gasteiger partial charge in [0.1, 0.15) is 5.75 Å². The largest absolute Gasteiger partial charge is 0.501 e. The minimum absolute atomic E-state index is 0.599. The summed E-state index contributed by atoms with van der Waals surface area (Å²) in [5, 5.41) is 0. The van der Waals surface area contributed by atoms with Crippen LogP contribution in [0.4, 0.5) is 0 Å². The standard InChI is InChI=1S/C13H11O.BrH.Zn/c1-3-7-12(8-4-1)11-14-13-9-5-2-6-10-13;;/h1-3,5-10H,11H2;1H;/q-1;;+2/p-1. The van der Waals surface area contributed by atoms with Gasteiger partial charge in [-0.05, 0) is 12.1 Å². The van der Waals surface area contributed by atoms with Gasteiger partial charge in [0, 0.05) is 0 Å². The molecule has 0 unspecified atom stereocenters. The molecule has 3 heteroatoms. The third-order valence-corrected chi connectivity index (χ3v) is 1.92. The number of hydrogen-bond acceptors (Lipinski definition) is 1. The van der Waals surface area contributed by atoms with Gasteiger partial charge in [0.15, 0.2) is 0 Å². The first-order valence-corrected chi connectivity index (χ1v) is 11.8. The summed E-state index contributed by atoms with van der Waals surface area (Å²) in [6.45, 7) is 0.599. The second-order valence-electron chi connectivity index (χ2n) is 3.01. The van der Waals surface area contributed by atoms with Crippen LogP contribution in [0.3, 0.4) is 0 Å². The average molecular weight is 329 g/mol. The van der Waals surface area contributed by atoms with E-state index < -0.39 is 0 Å². The van der Waals surface area contributed by atoms with Crippen molar-refractivity contribution in [2.24, 2.45) is 0 Å². The first kappa shape index (κ1) is 13.4. The molecule has 0 heterocycles. The van der Waals surface area contributed by atoms with Crippen molar-refractivity contribution in [2.75, 3.05) is 0 Å². The zero-order valence-electron chi connectivity index (χ0n) is 8.90. The summed E-state index contributed by atoms with van der Waals surface area (Å²) in [7, 11) is 0. The molecule has 0 fully saturated rings. The monoisotopic (exact) mass is 326 g/mol. The minimum atomic E-state index is 0.599. The number of rotatable bonds is 3. The summed E-state index contributed by atoms with van der Waals surface area (Å²) in [5.41, 5.74) is 1.14. The third kappa shape index (κ3) is 4.91. The van der Waals surface area contributed by atoms with E-state index >= 15 is 0 Å². The van der Waals surface area contributed by atoms with E-state index in [9.17, 15) is 0 Å². The Hall–Kier alpha value is -0.657. The normalized spacial score (nSPS) is 8.94. The number of para-hydroxylation sites is 1. The van der Waals surface area contributed by atoms with Crippen LogP contribution in [-0.2, 0) is 22.9 Å². The van der Waals surface area contributed by atoms with Crippen molar-refractivity contribution in [3.8, 4) is 5.75 Å². The van der Waals surface area contributed by atoms with Crippen LogP contribution in [-0.4, -0.2) is 0 Å². The van der Waals surface area contributed by atoms with E-state index in [0.29, 0.717) is 6.61 Å². The Kier molecular flexibility index (Phi) is 7.12. The van der Waals surface area contributed by atoms with Gasteiger partial charge in [0.2, 0.25) is 0 Å². The molecule has 0 aliphatic carbocycles. The van der Waals surface area contributed by atoms with E-state index in [1.165, 1.54) is 16.3 Å². The van der Waals surface area contributed by atoms with Gasteiger partial charge >= 0.3 is 30.0 Å². The van der Waals surface area contributed by atoms with E-state index in [1.807, 2.05) is 54.6 Å². The maximum absolute atomic E-state index is 5.57. The molecule has 0 aliphatic rings. The molecule has 0 aromatic heterocycles. The SMILES string of the molecule is [Zn+][Br].[c-]1cccc(COc2ccccc2)c1. The number of benzene rings is 2. The van der Waals surface area contributed by atoms with Crippen LogP contribution in [0.5, 0.6) is 5.75 Å². The van der Waals surface area contributed by atoms with Gasteiger partial charge in [-0.1, -0.05) is 18.2 Å². The summed E-state index contributed by atoms with van der Waals surface area (Å²) < 4.78 is 5.57. The molecule has 2 rings (SSSR count). The summed E-state index contributed by atoms with van der Waals surface area (Å²) in [5.74, 6) is 0.899. The Morgan fingerprint density at radius 3 is 2.44 bits per heavy atom. The number of hydrogen-bond donors (Lipinski definition) is 0. The van der Waals surface area contributed by atoms with Crippen LogP contribution in [0.1, 0.15) is 5.56 Å². The predicted molar refractivity (Wildman–Crippen MR) is 65.0 cm³/mol. The Morgan fingerprint density at radius 1 is 1.06 bits per heavy atom. The van der Waals surface area contributed by atoms with Crippen LogP contribution >= 0.6 is 13.6 Å². The van der Waals surface area contributed by atoms with Gasteiger partial charge in [-0.15, -0.1) is 5.56 Å². The molecule has 0 radical (unpaired) electrons. The fraction of sp³-hybridized carbons (Fsp3) is 0.0769. The molecular formula is C13H11BrOZn. The molecule has 0 aliphatic heterocycles. The van der Waals surface area contributed by atoms with E-state index in [2.05, 4.69) is 19.7 Å². The van der Waals surface area contributed by atoms with Gasteiger partial charge < -0.3 is 4.74 Å². The minimum Gasteiger partial charge on any atom is -0.501 e. The average Bonchev–Trinajstić information content (AvgIpc) is 2.41. The molecule has 0 amide bonds. The topological polar surface area (TPSA) is 9.23 Å². The molecule has 0 atom stereocenters. The Bertz CT molecular complexity index is 338. The van der Waals surface area contributed by atoms with Gasteiger partial charge in [-0.3, -0.25) is 0 Å². The quantitative estimate of drug-likeness (QED) is 0.613. The molecule has 1 nitrogen and oxygen atoms in total. The van der Waals surface area contributed by atoms with E-state index in [4.69, 9.17) is 4.74 Å². The maximum atomic E-state index is 5.57. The van der Waals surface area contributed by atoms with E-state index in [-0.39, 0.29) is 0 Å². The van der Waals surface area contributed by atoms with Gasteiger partial charge in [0.05, 0.1) is 6.61 Å². The molecule has 78 valence electrons. The Morgan fingerprint density at radius 2 is 1.81 bits per heavy atom. The molecule has 0 N–H and O–H groups in total. The van der Waals surface area contributed by atoms with Crippen molar-refractivity contribution >= 4 is 13.6 Å². The predicted octanol–water partition coefficient (Wildman–Crippen LogP) is 3.91. The Balaban J connectivity index is 0.000000606. The molecule has 2 aromatic rings. The van der Waals surface area contributed by atoms with Crippen molar-refractivity contribution < 1.29 is 21.1 Å². The molecule has 0 spiro atoms. The third-order valence-electron chi connectivity index (χ3n) is 1.92. The van der Waals surface area contributed by atoms with Crippen LogP contribution < -0.4 is 4.74 Å². The van der Waals surface area contributed by atoms with Crippen molar-refractivity contribution in [1.29, 1.82) is 0 Å². The van der Waals surface area contributed by atoms with Gasteiger partial charge in [-0.2, -0.15) is 30.3 Å². The zero-order valence-corrected chi connectivity index (χ0v) is 13.4. The molecular weight excluding hydrogens is 317 g/mol. The van der Waals surface area contributed by atoms with Gasteiger partial charge in [0.25, 0.3) is 0 Å². The number of ether oxygens (including phenoxy) is 1. The summed E-state index contributed by atoms with van der Waals surface area (Å²) >= 11 is 4.25. The van der Waals surface area contributed by atoms with E-state index in [1.54, 1.807) is 0 Å². The van der Waals surface area contributed by atoms with Crippen LogP contribution in [0, 0.1) is 6.07 Å². The van der Waals surface area contributed by atoms with Gasteiger partial charge in [-0.25, -0.2) is 0 Å². The Labute approximate surface area is 113 Å². The van der Waals surface area contributed by atoms with Crippen LogP contribution in [0.15, 0.2) is 54.6 Å². The summed E-state index contributed by atoms with van der Waals surface area (Å²) in [6, 6.07) is 20.6. The summed E-state index contributed by atoms with van der Waals surface area (Å²) in [6.07, 6.45) is 0. The van der Waals surface area contributed by atoms with Crippen molar-refractivity contribution in [3.63, 3.8) is 0 Å². The van der Waals surface area contributed by atoms with E-state index in [0.717, 1.165) is 11.3 Å². The fourth-order valence-corrected chi connectivity index (χ4v) is 1.20. The fourth-order valence-electron chi connectivity index (χ4n) is 1.20. The second kappa shape index (κ2) is 8.49. The zero-order chi connectivity index (χ0) is 11.6. The molecule has 0 bridgehead atoms. The first-order chi connectivity index (χ1) is 7.95. The number of halogens is 1. The van der Waals surface area contributed by atoms with Crippen molar-refractivity contribution in [1.82, 2.24) is 0 Å². The smallest absolute Gasteiger partial charge is 0.118 e. The summed E-state index contributed by atoms with van der Waals surface area (Å²) in [4.78, 5) is 0. The second-order valence-corrected chi connectivity index (χ2v) is 3.01. The first-order valence-electron chi connectivity index (χ1n) is 4.85. The van der Waals surface area contributed by atoms with Crippen LogP contribution in [0.2, 0.25) is 0 Å². The molecule has 2 aromatic carbocycles. The molecule has 0 saturated carbocycles. The van der Waals surface area contributed by atoms with Crippen molar-refractivity contribution in [2.45, 2.75) is 6.61 Å². The van der Waals surface area contributed by atoms with Crippen molar-refractivity contribution in [3.05, 3.63) is 66.2 Å². The van der Waals surface area contributed by atoms with Crippen LogP contribution in [0.25, 0.3) is 0 Å².